The first-order valence-electron chi connectivity index (χ1n) is 8.87. The molecule has 0 unspecified atom stereocenters. The van der Waals surface area contributed by atoms with Crippen LogP contribution in [0.2, 0.25) is 5.02 Å². The van der Waals surface area contributed by atoms with Gasteiger partial charge in [0.2, 0.25) is 0 Å². The van der Waals surface area contributed by atoms with Crippen LogP contribution in [0.15, 0.2) is 53.4 Å². The van der Waals surface area contributed by atoms with E-state index in [4.69, 9.17) is 33.7 Å². The number of thioether (sulfide) groups is 1. The van der Waals surface area contributed by atoms with Gasteiger partial charge in [0.15, 0.2) is 0 Å². The van der Waals surface area contributed by atoms with E-state index in [0.717, 1.165) is 11.1 Å². The fourth-order valence-corrected chi connectivity index (χ4v) is 4.24. The number of hydrogen-bond donors (Lipinski definition) is 1. The summed E-state index contributed by atoms with van der Waals surface area (Å²) >= 11 is 12.8. The number of carboxylic acid groups (broad SMARTS) is 1. The lowest BCUT2D eigenvalue weighted by Gasteiger charge is -2.13. The van der Waals surface area contributed by atoms with E-state index in [0.29, 0.717) is 39.6 Å². The number of rotatable bonds is 8. The molecule has 0 bridgehead atoms. The number of thiocarbonyl (C=S) groups is 1. The standard InChI is InChI=1S/C21H18ClNO4S2/c22-16-11-15(8-9-17(16)27-13-14-5-2-1-3-6-14)12-18-20(26)23(21(28)29-18)10-4-7-19(24)25/h1-3,5-6,8-9,11-12H,4,7,10,13H2,(H,24,25)/b18-12-. The summed E-state index contributed by atoms with van der Waals surface area (Å²) in [6, 6.07) is 15.1. The predicted octanol–water partition coefficient (Wildman–Crippen LogP) is 4.99. The van der Waals surface area contributed by atoms with Crippen LogP contribution in [0.25, 0.3) is 6.08 Å². The molecule has 0 aromatic heterocycles. The van der Waals surface area contributed by atoms with E-state index in [1.54, 1.807) is 18.2 Å². The fraction of sp³-hybridized carbons (Fsp3) is 0.190. The Labute approximate surface area is 183 Å². The van der Waals surface area contributed by atoms with Gasteiger partial charge in [0.05, 0.1) is 9.93 Å². The van der Waals surface area contributed by atoms with Crippen LogP contribution in [0, 0.1) is 0 Å². The minimum atomic E-state index is -0.893. The summed E-state index contributed by atoms with van der Waals surface area (Å²) in [4.78, 5) is 25.1. The van der Waals surface area contributed by atoms with E-state index >= 15 is 0 Å². The molecule has 1 N–H and O–H groups in total. The van der Waals surface area contributed by atoms with Gasteiger partial charge >= 0.3 is 5.97 Å². The maximum absolute atomic E-state index is 12.6. The normalized spacial score (nSPS) is 15.2. The van der Waals surface area contributed by atoms with Gasteiger partial charge in [-0.05, 0) is 35.8 Å². The van der Waals surface area contributed by atoms with Crippen LogP contribution in [-0.2, 0) is 16.2 Å². The fourth-order valence-electron chi connectivity index (χ4n) is 2.69. The molecular weight excluding hydrogens is 430 g/mol. The summed E-state index contributed by atoms with van der Waals surface area (Å²) in [7, 11) is 0. The Balaban J connectivity index is 1.65. The minimum Gasteiger partial charge on any atom is -0.487 e. The van der Waals surface area contributed by atoms with Crippen LogP contribution < -0.4 is 4.74 Å². The van der Waals surface area contributed by atoms with E-state index in [2.05, 4.69) is 0 Å². The second-order valence-corrected chi connectivity index (χ2v) is 8.38. The third-order valence-electron chi connectivity index (χ3n) is 4.14. The number of carbonyl (C=O) groups is 2. The molecule has 0 saturated carbocycles. The zero-order valence-corrected chi connectivity index (χ0v) is 17.7. The lowest BCUT2D eigenvalue weighted by Crippen LogP contribution is -2.29. The molecule has 1 aliphatic rings. The molecule has 8 heteroatoms. The number of carbonyl (C=O) groups excluding carboxylic acids is 1. The number of nitrogens with zero attached hydrogens (tertiary/aromatic N) is 1. The molecule has 0 aliphatic carbocycles. The average Bonchev–Trinajstić information content (AvgIpc) is 2.95. The molecule has 5 nitrogen and oxygen atoms in total. The van der Waals surface area contributed by atoms with Gasteiger partial charge in [-0.2, -0.15) is 0 Å². The third-order valence-corrected chi connectivity index (χ3v) is 5.81. The Bertz CT molecular complexity index is 962. The van der Waals surface area contributed by atoms with Gasteiger partial charge in [-0.3, -0.25) is 14.5 Å². The van der Waals surface area contributed by atoms with Crippen molar-refractivity contribution in [1.29, 1.82) is 0 Å². The van der Waals surface area contributed by atoms with E-state index in [-0.39, 0.29) is 12.3 Å². The van der Waals surface area contributed by atoms with Crippen molar-refractivity contribution in [3.8, 4) is 5.75 Å². The summed E-state index contributed by atoms with van der Waals surface area (Å²) < 4.78 is 6.20. The Morgan fingerprint density at radius 1 is 1.24 bits per heavy atom. The van der Waals surface area contributed by atoms with Crippen molar-refractivity contribution in [3.05, 3.63) is 69.6 Å². The van der Waals surface area contributed by atoms with Gasteiger partial charge in [0.25, 0.3) is 5.91 Å². The number of aliphatic carboxylic acids is 1. The number of halogens is 1. The minimum absolute atomic E-state index is 0.00381. The molecule has 1 aliphatic heterocycles. The maximum atomic E-state index is 12.6. The SMILES string of the molecule is O=C(O)CCCN1C(=O)/C(=C/c2ccc(OCc3ccccc3)c(Cl)c2)SC1=S. The molecule has 2 aromatic rings. The molecule has 1 heterocycles. The Hall–Kier alpha value is -2.35. The smallest absolute Gasteiger partial charge is 0.303 e. The molecule has 29 heavy (non-hydrogen) atoms. The lowest BCUT2D eigenvalue weighted by molar-refractivity contribution is -0.137. The molecule has 0 radical (unpaired) electrons. The number of benzene rings is 2. The van der Waals surface area contributed by atoms with Crippen LogP contribution in [0.3, 0.4) is 0 Å². The first kappa shape index (κ1) is 21.4. The van der Waals surface area contributed by atoms with Gasteiger partial charge in [-0.25, -0.2) is 0 Å². The maximum Gasteiger partial charge on any atom is 0.303 e. The molecular formula is C21H18ClNO4S2. The van der Waals surface area contributed by atoms with E-state index < -0.39 is 5.97 Å². The van der Waals surface area contributed by atoms with Crippen LogP contribution >= 0.6 is 35.6 Å². The Kier molecular flexibility index (Phi) is 7.30. The molecule has 2 aromatic carbocycles. The molecule has 0 atom stereocenters. The highest BCUT2D eigenvalue weighted by Gasteiger charge is 2.31. The van der Waals surface area contributed by atoms with Crippen LogP contribution in [0.4, 0.5) is 0 Å². The van der Waals surface area contributed by atoms with Crippen LogP contribution in [0.1, 0.15) is 24.0 Å². The highest BCUT2D eigenvalue weighted by Crippen LogP contribution is 2.34. The third kappa shape index (κ3) is 5.82. The first-order chi connectivity index (χ1) is 13.9. The van der Waals surface area contributed by atoms with Gasteiger partial charge in [-0.15, -0.1) is 0 Å². The second-order valence-electron chi connectivity index (χ2n) is 6.29. The number of ether oxygens (including phenoxy) is 1. The van der Waals surface area contributed by atoms with Gasteiger partial charge < -0.3 is 9.84 Å². The van der Waals surface area contributed by atoms with Crippen LogP contribution in [-0.4, -0.2) is 32.7 Å². The molecule has 3 rings (SSSR count). The summed E-state index contributed by atoms with van der Waals surface area (Å²) in [6.45, 7) is 0.705. The van der Waals surface area contributed by atoms with Gasteiger partial charge in [-0.1, -0.05) is 72.0 Å². The molecule has 0 spiro atoms. The summed E-state index contributed by atoms with van der Waals surface area (Å²) in [5.41, 5.74) is 1.80. The second kappa shape index (κ2) is 9.91. The Morgan fingerprint density at radius 2 is 2.00 bits per heavy atom. The highest BCUT2D eigenvalue weighted by atomic mass is 35.5. The van der Waals surface area contributed by atoms with Crippen molar-refractivity contribution in [2.24, 2.45) is 0 Å². The van der Waals surface area contributed by atoms with Crippen molar-refractivity contribution in [1.82, 2.24) is 4.90 Å². The summed E-state index contributed by atoms with van der Waals surface area (Å²) in [6.07, 6.45) is 2.08. The van der Waals surface area contributed by atoms with E-state index in [1.165, 1.54) is 16.7 Å². The zero-order chi connectivity index (χ0) is 20.8. The van der Waals surface area contributed by atoms with Crippen molar-refractivity contribution in [2.75, 3.05) is 6.54 Å². The molecule has 150 valence electrons. The molecule has 1 saturated heterocycles. The van der Waals surface area contributed by atoms with Crippen molar-refractivity contribution >= 4 is 57.9 Å². The van der Waals surface area contributed by atoms with Crippen LogP contribution in [0.5, 0.6) is 5.75 Å². The monoisotopic (exact) mass is 447 g/mol. The topological polar surface area (TPSA) is 66.8 Å². The largest absolute Gasteiger partial charge is 0.487 e. The zero-order valence-electron chi connectivity index (χ0n) is 15.3. The number of amides is 1. The lowest BCUT2D eigenvalue weighted by atomic mass is 10.2. The van der Waals surface area contributed by atoms with Crippen molar-refractivity contribution in [3.63, 3.8) is 0 Å². The summed E-state index contributed by atoms with van der Waals surface area (Å²) in [5.74, 6) is -0.546. The number of hydrogen-bond acceptors (Lipinski definition) is 5. The molecule has 1 amide bonds. The highest BCUT2D eigenvalue weighted by molar-refractivity contribution is 8.26. The van der Waals surface area contributed by atoms with Crippen molar-refractivity contribution in [2.45, 2.75) is 19.4 Å². The van der Waals surface area contributed by atoms with Crippen molar-refractivity contribution < 1.29 is 19.4 Å². The quantitative estimate of drug-likeness (QED) is 0.454. The number of carboxylic acids is 1. The summed E-state index contributed by atoms with van der Waals surface area (Å²) in [5, 5.41) is 9.19. The van der Waals surface area contributed by atoms with E-state index in [1.807, 2.05) is 36.4 Å². The first-order valence-corrected chi connectivity index (χ1v) is 10.5. The molecule has 1 fully saturated rings. The average molecular weight is 448 g/mol. The Morgan fingerprint density at radius 3 is 2.69 bits per heavy atom. The predicted molar refractivity (Wildman–Crippen MR) is 119 cm³/mol. The van der Waals surface area contributed by atoms with E-state index in [9.17, 15) is 9.59 Å². The van der Waals surface area contributed by atoms with Gasteiger partial charge in [0.1, 0.15) is 16.7 Å². The van der Waals surface area contributed by atoms with Gasteiger partial charge in [0, 0.05) is 13.0 Å².